The van der Waals surface area contributed by atoms with E-state index in [0.29, 0.717) is 45.6 Å². The molecular formula is C22H22Cl2N4O5S2. The lowest BCUT2D eigenvalue weighted by Gasteiger charge is -2.15. The van der Waals surface area contributed by atoms with Gasteiger partial charge in [0.25, 0.3) is 0 Å². The molecule has 35 heavy (non-hydrogen) atoms. The number of rotatable bonds is 9. The van der Waals surface area contributed by atoms with Crippen molar-refractivity contribution in [1.82, 2.24) is 9.97 Å². The fourth-order valence-electron chi connectivity index (χ4n) is 3.99. The molecule has 4 rings (SSSR count). The number of nitrogens with two attached hydrogens (primary N) is 1. The Bertz CT molecular complexity index is 1330. The van der Waals surface area contributed by atoms with Crippen LogP contribution in [0.4, 0.5) is 5.82 Å². The molecule has 4 N–H and O–H groups in total. The van der Waals surface area contributed by atoms with Gasteiger partial charge >= 0.3 is 10.3 Å². The van der Waals surface area contributed by atoms with Crippen molar-refractivity contribution in [3.05, 3.63) is 73.8 Å². The number of nitrogens with zero attached hydrogens (tertiary/aromatic N) is 2. The lowest BCUT2D eigenvalue weighted by molar-refractivity contribution is 0.101. The van der Waals surface area contributed by atoms with Crippen molar-refractivity contribution in [3.63, 3.8) is 0 Å². The van der Waals surface area contributed by atoms with Crippen LogP contribution in [0.15, 0.2) is 42.2 Å². The van der Waals surface area contributed by atoms with Crippen LogP contribution >= 0.6 is 34.5 Å². The zero-order valence-electron chi connectivity index (χ0n) is 18.2. The highest BCUT2D eigenvalue weighted by molar-refractivity contribution is 7.84. The third-order valence-electron chi connectivity index (χ3n) is 5.67. The van der Waals surface area contributed by atoms with Crippen molar-refractivity contribution in [3.8, 4) is 0 Å². The quantitative estimate of drug-likeness (QED) is 0.340. The van der Waals surface area contributed by atoms with Crippen molar-refractivity contribution in [2.24, 2.45) is 11.1 Å². The van der Waals surface area contributed by atoms with Gasteiger partial charge in [0, 0.05) is 18.2 Å². The number of aliphatic hydroxyl groups is 1. The van der Waals surface area contributed by atoms with E-state index in [-0.39, 0.29) is 18.4 Å². The van der Waals surface area contributed by atoms with Crippen molar-refractivity contribution in [2.45, 2.75) is 31.4 Å². The number of carbonyl (C=O) groups is 1. The van der Waals surface area contributed by atoms with E-state index in [1.165, 1.54) is 23.9 Å². The van der Waals surface area contributed by atoms with E-state index in [0.717, 1.165) is 11.1 Å². The molecule has 0 bridgehead atoms. The largest absolute Gasteiger partial charge is 0.393 e. The summed E-state index contributed by atoms with van der Waals surface area (Å²) in [5.74, 6) is -0.311. The van der Waals surface area contributed by atoms with Gasteiger partial charge in [-0.15, -0.1) is 11.3 Å². The summed E-state index contributed by atoms with van der Waals surface area (Å²) in [6.07, 6.45) is 3.35. The van der Waals surface area contributed by atoms with Gasteiger partial charge in [-0.3, -0.25) is 8.98 Å². The number of aliphatic hydroxyl groups excluding tert-OH is 1. The Morgan fingerprint density at radius 1 is 1.23 bits per heavy atom. The smallest absolute Gasteiger partial charge is 0.333 e. The molecule has 2 aromatic heterocycles. The van der Waals surface area contributed by atoms with Gasteiger partial charge in [-0.2, -0.15) is 8.42 Å². The highest BCUT2D eigenvalue weighted by Crippen LogP contribution is 2.31. The van der Waals surface area contributed by atoms with Crippen molar-refractivity contribution >= 4 is 56.4 Å². The Balaban J connectivity index is 1.44. The fourth-order valence-corrected chi connectivity index (χ4v) is 5.54. The van der Waals surface area contributed by atoms with Gasteiger partial charge in [0.15, 0.2) is 0 Å². The summed E-state index contributed by atoms with van der Waals surface area (Å²) in [4.78, 5) is 22.0. The van der Waals surface area contributed by atoms with Crippen molar-refractivity contribution in [1.29, 1.82) is 0 Å². The van der Waals surface area contributed by atoms with Crippen LogP contribution in [0, 0.1) is 5.92 Å². The van der Waals surface area contributed by atoms with Crippen LogP contribution in [0.25, 0.3) is 0 Å². The Morgan fingerprint density at radius 3 is 2.77 bits per heavy atom. The number of aromatic nitrogens is 2. The minimum absolute atomic E-state index is 0.218. The number of nitrogens with one attached hydrogen (secondary N) is 1. The van der Waals surface area contributed by atoms with E-state index in [1.807, 2.05) is 17.5 Å². The SMILES string of the molecule is NS(=O)(=O)OCC1C[C@@H](Nc2ncncc2C(=O)c2cc(Cc3ccc(Cl)c(Cl)c3)cs2)C[C@@H]1O. The molecule has 0 amide bonds. The van der Waals surface area contributed by atoms with Gasteiger partial charge in [0.05, 0.1) is 33.2 Å². The second-order valence-corrected chi connectivity index (χ2v) is 11.2. The molecule has 2 heterocycles. The van der Waals surface area contributed by atoms with Crippen LogP contribution in [0.1, 0.15) is 39.2 Å². The number of hydrogen-bond acceptors (Lipinski definition) is 9. The molecule has 0 saturated heterocycles. The first-order chi connectivity index (χ1) is 16.6. The van der Waals surface area contributed by atoms with Gasteiger partial charge in [-0.1, -0.05) is 29.3 Å². The molecule has 9 nitrogen and oxygen atoms in total. The molecule has 1 unspecified atom stereocenters. The predicted molar refractivity (Wildman–Crippen MR) is 134 cm³/mol. The molecule has 3 aromatic rings. The summed E-state index contributed by atoms with van der Waals surface area (Å²) in [6.45, 7) is -0.218. The lowest BCUT2D eigenvalue weighted by Crippen LogP contribution is -2.24. The van der Waals surface area contributed by atoms with Crippen LogP contribution < -0.4 is 10.5 Å². The van der Waals surface area contributed by atoms with E-state index in [1.54, 1.807) is 12.1 Å². The summed E-state index contributed by atoms with van der Waals surface area (Å²) in [5.41, 5.74) is 2.23. The second kappa shape index (κ2) is 10.9. The van der Waals surface area contributed by atoms with E-state index >= 15 is 0 Å². The normalized spacial score (nSPS) is 20.2. The first kappa shape index (κ1) is 26.0. The van der Waals surface area contributed by atoms with Gasteiger partial charge in [0.2, 0.25) is 5.78 Å². The minimum atomic E-state index is -4.09. The van der Waals surface area contributed by atoms with Crippen LogP contribution in [0.2, 0.25) is 10.0 Å². The monoisotopic (exact) mass is 556 g/mol. The molecule has 1 aromatic carbocycles. The highest BCUT2D eigenvalue weighted by atomic mass is 35.5. The number of hydrogen-bond donors (Lipinski definition) is 3. The molecule has 1 fully saturated rings. The maximum atomic E-state index is 13.2. The van der Waals surface area contributed by atoms with Gasteiger partial charge < -0.3 is 10.4 Å². The van der Waals surface area contributed by atoms with Crippen molar-refractivity contribution < 1.29 is 22.5 Å². The zero-order valence-corrected chi connectivity index (χ0v) is 21.4. The maximum absolute atomic E-state index is 13.2. The Hall–Kier alpha value is -2.12. The number of benzene rings is 1. The van der Waals surface area contributed by atoms with Crippen LogP contribution in [0.5, 0.6) is 0 Å². The number of ketones is 1. The third-order valence-corrected chi connectivity index (χ3v) is 7.85. The van der Waals surface area contributed by atoms with Gasteiger partial charge in [0.1, 0.15) is 12.1 Å². The first-order valence-corrected chi connectivity index (χ1v) is 13.7. The molecule has 0 aliphatic heterocycles. The Morgan fingerprint density at radius 2 is 2.03 bits per heavy atom. The summed E-state index contributed by atoms with van der Waals surface area (Å²) >= 11 is 13.4. The number of thiophene rings is 1. The van der Waals surface area contributed by atoms with Crippen molar-refractivity contribution in [2.75, 3.05) is 11.9 Å². The van der Waals surface area contributed by atoms with Crippen LogP contribution in [0.3, 0.4) is 0 Å². The molecule has 3 atom stereocenters. The second-order valence-electron chi connectivity index (χ2n) is 8.28. The number of carbonyl (C=O) groups excluding carboxylic acids is 1. The molecule has 0 radical (unpaired) electrons. The topological polar surface area (TPSA) is 144 Å². The zero-order chi connectivity index (χ0) is 25.2. The fraction of sp³-hybridized carbons (Fsp3) is 0.318. The van der Waals surface area contributed by atoms with Gasteiger partial charge in [-0.05, 0) is 54.0 Å². The van der Waals surface area contributed by atoms with E-state index in [9.17, 15) is 18.3 Å². The van der Waals surface area contributed by atoms with E-state index in [2.05, 4.69) is 19.5 Å². The molecule has 0 spiro atoms. The standard InChI is InChI=1S/C22H22Cl2N4O5S2/c23-17-2-1-12(4-18(17)24)3-13-5-20(34-10-13)21(30)16-8-26-11-27-22(16)28-15-6-14(19(29)7-15)9-33-35(25,31)32/h1-2,4-5,8,10-11,14-15,19,29H,3,6-7,9H2,(H2,25,31,32)(H,26,27,28)/t14?,15-,19+/m1/s1. The maximum Gasteiger partial charge on any atom is 0.333 e. The third kappa shape index (κ3) is 6.76. The Labute approximate surface area is 216 Å². The molecular weight excluding hydrogens is 535 g/mol. The van der Waals surface area contributed by atoms with Crippen LogP contribution in [-0.2, 0) is 20.9 Å². The molecule has 13 heteroatoms. The average Bonchev–Trinajstić information content (AvgIpc) is 3.40. The summed E-state index contributed by atoms with van der Waals surface area (Å²) in [6, 6.07) is 7.01. The summed E-state index contributed by atoms with van der Waals surface area (Å²) in [5, 5.41) is 21.2. The molecule has 1 aliphatic rings. The highest BCUT2D eigenvalue weighted by Gasteiger charge is 2.34. The first-order valence-electron chi connectivity index (χ1n) is 10.6. The van der Waals surface area contributed by atoms with E-state index < -0.39 is 22.3 Å². The lowest BCUT2D eigenvalue weighted by atomic mass is 10.1. The number of halogens is 2. The summed E-state index contributed by atoms with van der Waals surface area (Å²) in [7, 11) is -4.09. The Kier molecular flexibility index (Phi) is 8.06. The minimum Gasteiger partial charge on any atom is -0.393 e. The predicted octanol–water partition coefficient (Wildman–Crippen LogP) is 3.44. The van der Waals surface area contributed by atoms with Crippen LogP contribution in [-0.4, -0.2) is 48.0 Å². The molecule has 186 valence electrons. The summed E-state index contributed by atoms with van der Waals surface area (Å²) < 4.78 is 26.7. The van der Waals surface area contributed by atoms with E-state index in [4.69, 9.17) is 28.3 Å². The molecule has 1 saturated carbocycles. The average molecular weight is 557 g/mol. The number of anilines is 1. The molecule has 1 aliphatic carbocycles. The van der Waals surface area contributed by atoms with Gasteiger partial charge in [-0.25, -0.2) is 15.1 Å².